The van der Waals surface area contributed by atoms with Crippen molar-refractivity contribution in [2.75, 3.05) is 11.9 Å². The average molecular weight is 463 g/mol. The second-order valence-corrected chi connectivity index (χ2v) is 9.08. The molecule has 0 aliphatic heterocycles. The van der Waals surface area contributed by atoms with E-state index in [0.717, 1.165) is 11.1 Å². The van der Waals surface area contributed by atoms with Crippen LogP contribution in [0.4, 0.5) is 10.5 Å². The van der Waals surface area contributed by atoms with E-state index in [-0.39, 0.29) is 24.3 Å². The summed E-state index contributed by atoms with van der Waals surface area (Å²) in [5, 5.41) is 6.17. The normalized spacial score (nSPS) is 13.2. The highest BCUT2D eigenvalue weighted by Gasteiger charge is 2.30. The first kappa shape index (κ1) is 22.9. The number of hydrogen-bond acceptors (Lipinski definition) is 3. The number of halogens is 1. The molecule has 0 aromatic heterocycles. The number of carbonyl (C=O) groups is 2. The van der Waals surface area contributed by atoms with Crippen LogP contribution in [0.15, 0.2) is 72.8 Å². The average Bonchev–Trinajstić information content (AvgIpc) is 3.12. The van der Waals surface area contributed by atoms with Crippen molar-refractivity contribution in [1.29, 1.82) is 0 Å². The maximum absolute atomic E-state index is 12.8. The fourth-order valence-corrected chi connectivity index (χ4v) is 4.37. The Morgan fingerprint density at radius 2 is 1.48 bits per heavy atom. The van der Waals surface area contributed by atoms with E-state index in [4.69, 9.17) is 16.3 Å². The van der Waals surface area contributed by atoms with Crippen molar-refractivity contribution in [2.24, 2.45) is 5.92 Å². The van der Waals surface area contributed by atoms with Crippen molar-refractivity contribution in [2.45, 2.75) is 32.2 Å². The minimum absolute atomic E-state index is 0.0328. The molecule has 6 heteroatoms. The van der Waals surface area contributed by atoms with Crippen LogP contribution in [-0.2, 0) is 9.53 Å². The molecular weight excluding hydrogens is 436 g/mol. The van der Waals surface area contributed by atoms with Crippen molar-refractivity contribution in [3.05, 3.63) is 88.9 Å². The van der Waals surface area contributed by atoms with Gasteiger partial charge in [-0.3, -0.25) is 4.79 Å². The molecule has 5 nitrogen and oxygen atoms in total. The first-order chi connectivity index (χ1) is 15.9. The van der Waals surface area contributed by atoms with Gasteiger partial charge in [0.05, 0.1) is 0 Å². The summed E-state index contributed by atoms with van der Waals surface area (Å²) in [6.45, 7) is 4.21. The lowest BCUT2D eigenvalue weighted by Crippen LogP contribution is -2.45. The molecule has 4 rings (SSSR count). The van der Waals surface area contributed by atoms with E-state index in [2.05, 4.69) is 34.9 Å². The molecule has 0 fully saturated rings. The third kappa shape index (κ3) is 5.37. The SMILES string of the molecule is CC(C)C[C@@H](NC(=O)OCC1c2ccccc2-c2ccccc21)C(=O)Nc1ccc(Cl)cc1. The van der Waals surface area contributed by atoms with Crippen LogP contribution in [0.1, 0.15) is 37.3 Å². The van der Waals surface area contributed by atoms with Gasteiger partial charge < -0.3 is 15.4 Å². The summed E-state index contributed by atoms with van der Waals surface area (Å²) in [5.41, 5.74) is 5.24. The highest BCUT2D eigenvalue weighted by atomic mass is 35.5. The number of hydrogen-bond donors (Lipinski definition) is 2. The first-order valence-corrected chi connectivity index (χ1v) is 11.5. The molecule has 0 saturated carbocycles. The Labute approximate surface area is 199 Å². The lowest BCUT2D eigenvalue weighted by atomic mass is 9.98. The van der Waals surface area contributed by atoms with E-state index in [9.17, 15) is 9.59 Å². The van der Waals surface area contributed by atoms with Gasteiger partial charge in [0.15, 0.2) is 0 Å². The molecule has 2 amide bonds. The van der Waals surface area contributed by atoms with Gasteiger partial charge in [-0.25, -0.2) is 4.79 Å². The zero-order valence-electron chi connectivity index (χ0n) is 18.7. The van der Waals surface area contributed by atoms with Crippen molar-refractivity contribution in [1.82, 2.24) is 5.32 Å². The minimum atomic E-state index is -0.712. The largest absolute Gasteiger partial charge is 0.449 e. The number of alkyl carbamates (subject to hydrolysis) is 1. The standard InChI is InChI=1S/C27H27ClN2O3/c1-17(2)15-25(26(31)29-19-13-11-18(28)12-14-19)30-27(32)33-16-24-22-9-5-3-7-20(22)21-8-4-6-10-23(21)24/h3-14,17,24-25H,15-16H2,1-2H3,(H,29,31)(H,30,32)/t25-/m1/s1. The Morgan fingerprint density at radius 1 is 0.909 bits per heavy atom. The van der Waals surface area contributed by atoms with E-state index >= 15 is 0 Å². The van der Waals surface area contributed by atoms with Crippen molar-refractivity contribution < 1.29 is 14.3 Å². The number of carbonyl (C=O) groups excluding carboxylic acids is 2. The molecule has 3 aromatic rings. The maximum Gasteiger partial charge on any atom is 0.407 e. The van der Waals surface area contributed by atoms with Crippen LogP contribution < -0.4 is 10.6 Å². The van der Waals surface area contributed by atoms with Gasteiger partial charge in [-0.05, 0) is 58.9 Å². The molecule has 3 aromatic carbocycles. The molecule has 0 bridgehead atoms. The molecule has 1 aliphatic carbocycles. The fraction of sp³-hybridized carbons (Fsp3) is 0.259. The molecule has 0 saturated heterocycles. The minimum Gasteiger partial charge on any atom is -0.449 e. The van der Waals surface area contributed by atoms with E-state index in [1.54, 1.807) is 24.3 Å². The lowest BCUT2D eigenvalue weighted by Gasteiger charge is -2.21. The van der Waals surface area contributed by atoms with E-state index in [1.165, 1.54) is 11.1 Å². The number of nitrogens with one attached hydrogen (secondary N) is 2. The third-order valence-corrected chi connectivity index (χ3v) is 6.02. The Balaban J connectivity index is 1.42. The first-order valence-electron chi connectivity index (χ1n) is 11.1. The quantitative estimate of drug-likeness (QED) is 0.437. The van der Waals surface area contributed by atoms with Crippen LogP contribution in [0.2, 0.25) is 5.02 Å². The van der Waals surface area contributed by atoms with Crippen molar-refractivity contribution in [3.8, 4) is 11.1 Å². The van der Waals surface area contributed by atoms with Gasteiger partial charge in [-0.1, -0.05) is 74.0 Å². The molecule has 0 spiro atoms. The predicted molar refractivity (Wildman–Crippen MR) is 132 cm³/mol. The van der Waals surface area contributed by atoms with Crippen LogP contribution in [0.5, 0.6) is 0 Å². The van der Waals surface area contributed by atoms with Crippen molar-refractivity contribution in [3.63, 3.8) is 0 Å². The summed E-state index contributed by atoms with van der Waals surface area (Å²) in [5.74, 6) is -0.117. The lowest BCUT2D eigenvalue weighted by molar-refractivity contribution is -0.118. The summed E-state index contributed by atoms with van der Waals surface area (Å²) < 4.78 is 5.62. The number of rotatable bonds is 7. The van der Waals surface area contributed by atoms with Crippen LogP contribution in [0.25, 0.3) is 11.1 Å². The molecular formula is C27H27ClN2O3. The number of ether oxygens (including phenoxy) is 1. The monoisotopic (exact) mass is 462 g/mol. The van der Waals surface area contributed by atoms with Gasteiger partial charge in [-0.15, -0.1) is 0 Å². The van der Waals surface area contributed by atoms with E-state index < -0.39 is 12.1 Å². The Kier molecular flexibility index (Phi) is 6.99. The molecule has 0 radical (unpaired) electrons. The number of benzene rings is 3. The molecule has 1 aliphatic rings. The van der Waals surface area contributed by atoms with Crippen LogP contribution in [0.3, 0.4) is 0 Å². The Morgan fingerprint density at radius 3 is 2.06 bits per heavy atom. The van der Waals surface area contributed by atoms with Crippen LogP contribution >= 0.6 is 11.6 Å². The van der Waals surface area contributed by atoms with Gasteiger partial charge in [0.25, 0.3) is 0 Å². The topological polar surface area (TPSA) is 67.4 Å². The molecule has 0 heterocycles. The predicted octanol–water partition coefficient (Wildman–Crippen LogP) is 6.23. The van der Waals surface area contributed by atoms with Crippen LogP contribution in [-0.4, -0.2) is 24.6 Å². The summed E-state index contributed by atoms with van der Waals surface area (Å²) in [6.07, 6.45) is -0.113. The Hall–Kier alpha value is -3.31. The summed E-state index contributed by atoms with van der Waals surface area (Å²) >= 11 is 5.91. The zero-order valence-corrected chi connectivity index (χ0v) is 19.4. The fourth-order valence-electron chi connectivity index (χ4n) is 4.25. The molecule has 2 N–H and O–H groups in total. The smallest absolute Gasteiger partial charge is 0.407 e. The van der Waals surface area contributed by atoms with E-state index in [0.29, 0.717) is 17.1 Å². The molecule has 1 atom stereocenters. The maximum atomic E-state index is 12.8. The highest BCUT2D eigenvalue weighted by Crippen LogP contribution is 2.44. The van der Waals surface area contributed by atoms with Gasteiger partial charge in [0.1, 0.15) is 12.6 Å². The van der Waals surface area contributed by atoms with Gasteiger partial charge in [-0.2, -0.15) is 0 Å². The summed E-state index contributed by atoms with van der Waals surface area (Å²) in [4.78, 5) is 25.5. The number of amides is 2. The van der Waals surface area contributed by atoms with Gasteiger partial charge >= 0.3 is 6.09 Å². The third-order valence-electron chi connectivity index (χ3n) is 5.77. The second kappa shape index (κ2) is 10.1. The molecule has 0 unspecified atom stereocenters. The van der Waals surface area contributed by atoms with Gasteiger partial charge in [0, 0.05) is 16.6 Å². The Bertz CT molecular complexity index is 1100. The second-order valence-electron chi connectivity index (χ2n) is 8.65. The summed E-state index contributed by atoms with van der Waals surface area (Å²) in [6, 6.07) is 22.5. The highest BCUT2D eigenvalue weighted by molar-refractivity contribution is 6.30. The summed E-state index contributed by atoms with van der Waals surface area (Å²) in [7, 11) is 0. The van der Waals surface area contributed by atoms with E-state index in [1.807, 2.05) is 38.1 Å². The molecule has 33 heavy (non-hydrogen) atoms. The molecule has 170 valence electrons. The van der Waals surface area contributed by atoms with Gasteiger partial charge in [0.2, 0.25) is 5.91 Å². The van der Waals surface area contributed by atoms with Crippen molar-refractivity contribution >= 4 is 29.3 Å². The number of anilines is 1. The zero-order chi connectivity index (χ0) is 23.4. The van der Waals surface area contributed by atoms with Crippen LogP contribution in [0, 0.1) is 5.92 Å². The number of fused-ring (bicyclic) bond motifs is 3.